The Morgan fingerprint density at radius 1 is 1.07 bits per heavy atom. The highest BCUT2D eigenvalue weighted by Gasteiger charge is 2.12. The summed E-state index contributed by atoms with van der Waals surface area (Å²) < 4.78 is 28.6. The first-order valence-corrected chi connectivity index (χ1v) is 10.3. The Balaban J connectivity index is 1.50. The summed E-state index contributed by atoms with van der Waals surface area (Å²) >= 11 is 0. The summed E-state index contributed by atoms with van der Waals surface area (Å²) in [6.07, 6.45) is 5.42. The predicted molar refractivity (Wildman–Crippen MR) is 105 cm³/mol. The Bertz CT molecular complexity index is 956. The van der Waals surface area contributed by atoms with Crippen molar-refractivity contribution in [1.29, 1.82) is 0 Å². The van der Waals surface area contributed by atoms with Gasteiger partial charge in [-0.3, -0.25) is 9.67 Å². The Morgan fingerprint density at radius 3 is 2.63 bits per heavy atom. The van der Waals surface area contributed by atoms with Gasteiger partial charge in [0.2, 0.25) is 10.0 Å². The lowest BCUT2D eigenvalue weighted by Crippen LogP contribution is -2.31. The van der Waals surface area contributed by atoms with E-state index in [0.29, 0.717) is 19.6 Å². The average Bonchev–Trinajstić information content (AvgIpc) is 3.06. The van der Waals surface area contributed by atoms with Crippen LogP contribution in [0.3, 0.4) is 0 Å². The maximum atomic E-state index is 12.1. The normalized spacial score (nSPS) is 11.6. The molecule has 0 spiro atoms. The number of nitrogens with zero attached hydrogens (tertiary/aromatic N) is 3. The molecule has 0 amide bonds. The number of aromatic nitrogens is 3. The summed E-state index contributed by atoms with van der Waals surface area (Å²) in [7, 11) is -1.47. The Morgan fingerprint density at radius 2 is 1.89 bits per heavy atom. The minimum absolute atomic E-state index is 0.0162. The van der Waals surface area contributed by atoms with Crippen LogP contribution < -0.4 is 10.0 Å². The SMILES string of the molecule is Cn1cc(CNCCS(=O)(=O)NCc2ccccc2)c(-c2cccnc2)n1. The van der Waals surface area contributed by atoms with E-state index in [1.807, 2.05) is 55.7 Å². The molecule has 27 heavy (non-hydrogen) atoms. The quantitative estimate of drug-likeness (QED) is 0.547. The summed E-state index contributed by atoms with van der Waals surface area (Å²) in [6, 6.07) is 13.3. The Kier molecular flexibility index (Phi) is 6.33. The highest BCUT2D eigenvalue weighted by atomic mass is 32.2. The largest absolute Gasteiger partial charge is 0.311 e. The first-order valence-electron chi connectivity index (χ1n) is 8.68. The van der Waals surface area contributed by atoms with E-state index in [0.717, 1.165) is 22.4 Å². The van der Waals surface area contributed by atoms with Crippen molar-refractivity contribution in [2.24, 2.45) is 7.05 Å². The third kappa shape index (κ3) is 5.72. The minimum atomic E-state index is -3.33. The van der Waals surface area contributed by atoms with Crippen molar-refractivity contribution in [2.75, 3.05) is 12.3 Å². The Hall–Kier alpha value is -2.55. The van der Waals surface area contributed by atoms with Gasteiger partial charge in [0.1, 0.15) is 0 Å². The third-order valence-corrected chi connectivity index (χ3v) is 5.37. The molecule has 3 rings (SSSR count). The zero-order valence-electron chi connectivity index (χ0n) is 15.2. The van der Waals surface area contributed by atoms with Crippen LogP contribution in [0.1, 0.15) is 11.1 Å². The van der Waals surface area contributed by atoms with E-state index in [2.05, 4.69) is 20.1 Å². The molecular weight excluding hydrogens is 362 g/mol. The zero-order valence-corrected chi connectivity index (χ0v) is 16.0. The van der Waals surface area contributed by atoms with Crippen LogP contribution in [0, 0.1) is 0 Å². The second-order valence-electron chi connectivity index (χ2n) is 6.22. The van der Waals surface area contributed by atoms with Crippen LogP contribution in [0.2, 0.25) is 0 Å². The number of nitrogens with one attached hydrogen (secondary N) is 2. The molecular formula is C19H23N5O2S. The molecule has 8 heteroatoms. The van der Waals surface area contributed by atoms with Gasteiger partial charge in [-0.1, -0.05) is 30.3 Å². The van der Waals surface area contributed by atoms with Gasteiger partial charge >= 0.3 is 0 Å². The van der Waals surface area contributed by atoms with E-state index in [1.54, 1.807) is 17.1 Å². The maximum Gasteiger partial charge on any atom is 0.213 e. The average molecular weight is 385 g/mol. The summed E-state index contributed by atoms with van der Waals surface area (Å²) in [6.45, 7) is 1.19. The van der Waals surface area contributed by atoms with Gasteiger partial charge in [0, 0.05) is 56.4 Å². The molecule has 0 aliphatic rings. The van der Waals surface area contributed by atoms with Crippen LogP contribution >= 0.6 is 0 Å². The predicted octanol–water partition coefficient (Wildman–Crippen LogP) is 1.69. The van der Waals surface area contributed by atoms with Crippen molar-refractivity contribution >= 4 is 10.0 Å². The van der Waals surface area contributed by atoms with Crippen LogP contribution in [0.15, 0.2) is 61.1 Å². The molecule has 7 nitrogen and oxygen atoms in total. The van der Waals surface area contributed by atoms with E-state index < -0.39 is 10.0 Å². The van der Waals surface area contributed by atoms with Gasteiger partial charge in [0.05, 0.1) is 11.4 Å². The van der Waals surface area contributed by atoms with Crippen LogP contribution in [0.4, 0.5) is 0 Å². The fraction of sp³-hybridized carbons (Fsp3) is 0.263. The molecule has 0 saturated carbocycles. The summed E-state index contributed by atoms with van der Waals surface area (Å²) in [5, 5.41) is 7.66. The molecule has 2 heterocycles. The van der Waals surface area contributed by atoms with Gasteiger partial charge in [0.25, 0.3) is 0 Å². The fourth-order valence-electron chi connectivity index (χ4n) is 2.70. The van der Waals surface area contributed by atoms with E-state index >= 15 is 0 Å². The fourth-order valence-corrected chi connectivity index (χ4v) is 3.65. The number of hydrogen-bond acceptors (Lipinski definition) is 5. The number of rotatable bonds is 9. The molecule has 0 bridgehead atoms. The minimum Gasteiger partial charge on any atom is -0.311 e. The van der Waals surface area contributed by atoms with Crippen molar-refractivity contribution < 1.29 is 8.42 Å². The molecule has 3 aromatic rings. The molecule has 0 fully saturated rings. The molecule has 2 aromatic heterocycles. The topological polar surface area (TPSA) is 88.9 Å². The summed E-state index contributed by atoms with van der Waals surface area (Å²) in [4.78, 5) is 4.13. The lowest BCUT2D eigenvalue weighted by Gasteiger charge is -2.08. The van der Waals surface area contributed by atoms with Gasteiger partial charge in [0.15, 0.2) is 0 Å². The standard InChI is InChI=1S/C19H23N5O2S/c1-24-15-18(19(23-24)17-8-5-9-20-13-17)14-21-10-11-27(25,26)22-12-16-6-3-2-4-7-16/h2-9,13,15,21-22H,10-12,14H2,1H3. The molecule has 0 radical (unpaired) electrons. The van der Waals surface area contributed by atoms with Crippen molar-refractivity contribution in [1.82, 2.24) is 24.8 Å². The van der Waals surface area contributed by atoms with Crippen molar-refractivity contribution in [3.05, 3.63) is 72.2 Å². The van der Waals surface area contributed by atoms with Crippen LogP contribution in [-0.2, 0) is 30.2 Å². The van der Waals surface area contributed by atoms with Crippen molar-refractivity contribution in [3.63, 3.8) is 0 Å². The van der Waals surface area contributed by atoms with Gasteiger partial charge in [-0.2, -0.15) is 5.10 Å². The molecule has 2 N–H and O–H groups in total. The first-order chi connectivity index (χ1) is 13.0. The van der Waals surface area contributed by atoms with Gasteiger partial charge in [-0.05, 0) is 17.7 Å². The number of benzene rings is 1. The monoisotopic (exact) mass is 385 g/mol. The maximum absolute atomic E-state index is 12.1. The van der Waals surface area contributed by atoms with E-state index in [-0.39, 0.29) is 5.75 Å². The van der Waals surface area contributed by atoms with E-state index in [9.17, 15) is 8.42 Å². The molecule has 0 aliphatic heterocycles. The number of sulfonamides is 1. The van der Waals surface area contributed by atoms with Gasteiger partial charge in [-0.15, -0.1) is 0 Å². The number of pyridine rings is 1. The number of hydrogen-bond donors (Lipinski definition) is 2. The van der Waals surface area contributed by atoms with Crippen LogP contribution in [0.25, 0.3) is 11.3 Å². The summed E-state index contributed by atoms with van der Waals surface area (Å²) in [5.74, 6) is 0.0162. The number of aryl methyl sites for hydroxylation is 1. The van der Waals surface area contributed by atoms with E-state index in [4.69, 9.17) is 0 Å². The van der Waals surface area contributed by atoms with Gasteiger partial charge in [-0.25, -0.2) is 13.1 Å². The molecule has 0 unspecified atom stereocenters. The van der Waals surface area contributed by atoms with Crippen LogP contribution in [-0.4, -0.2) is 35.5 Å². The highest BCUT2D eigenvalue weighted by Crippen LogP contribution is 2.20. The van der Waals surface area contributed by atoms with Gasteiger partial charge < -0.3 is 5.32 Å². The molecule has 0 saturated heterocycles. The smallest absolute Gasteiger partial charge is 0.213 e. The lowest BCUT2D eigenvalue weighted by molar-refractivity contribution is 0.576. The first kappa shape index (κ1) is 19.2. The van der Waals surface area contributed by atoms with E-state index in [1.165, 1.54) is 0 Å². The second-order valence-corrected chi connectivity index (χ2v) is 8.15. The van der Waals surface area contributed by atoms with Crippen LogP contribution in [0.5, 0.6) is 0 Å². The molecule has 0 atom stereocenters. The molecule has 0 aliphatic carbocycles. The lowest BCUT2D eigenvalue weighted by atomic mass is 10.1. The molecule has 1 aromatic carbocycles. The Labute approximate surface area is 159 Å². The zero-order chi connectivity index (χ0) is 19.1. The molecule has 142 valence electrons. The third-order valence-electron chi connectivity index (χ3n) is 4.04. The van der Waals surface area contributed by atoms with Crippen molar-refractivity contribution in [2.45, 2.75) is 13.1 Å². The van der Waals surface area contributed by atoms with Crippen molar-refractivity contribution in [3.8, 4) is 11.3 Å². The second kappa shape index (κ2) is 8.90. The highest BCUT2D eigenvalue weighted by molar-refractivity contribution is 7.89. The summed E-state index contributed by atoms with van der Waals surface area (Å²) in [5.41, 5.74) is 3.72.